The van der Waals surface area contributed by atoms with Crippen molar-refractivity contribution in [3.63, 3.8) is 0 Å². The highest BCUT2D eigenvalue weighted by Gasteiger charge is 2.26. The van der Waals surface area contributed by atoms with Gasteiger partial charge in [-0.15, -0.1) is 0 Å². The summed E-state index contributed by atoms with van der Waals surface area (Å²) in [5.74, 6) is 0. The fourth-order valence-corrected chi connectivity index (χ4v) is 4.89. The zero-order valence-corrected chi connectivity index (χ0v) is 15.8. The number of nitrogens with zero attached hydrogens (tertiary/aromatic N) is 3. The van der Waals surface area contributed by atoms with Crippen molar-refractivity contribution in [1.29, 1.82) is 0 Å². The van der Waals surface area contributed by atoms with Crippen LogP contribution in [-0.2, 0) is 10.0 Å². The third-order valence-electron chi connectivity index (χ3n) is 4.13. The van der Waals surface area contributed by atoms with Crippen LogP contribution in [0.5, 0.6) is 0 Å². The van der Waals surface area contributed by atoms with Crippen LogP contribution in [0.1, 0.15) is 6.42 Å². The molecule has 1 aromatic rings. The molecule has 130 valence electrons. The van der Waals surface area contributed by atoms with E-state index < -0.39 is 10.0 Å². The van der Waals surface area contributed by atoms with Gasteiger partial charge in [0.2, 0.25) is 10.0 Å². The summed E-state index contributed by atoms with van der Waals surface area (Å²) in [5, 5.41) is 0.312. The average Bonchev–Trinajstić information content (AvgIpc) is 2.48. The SMILES string of the molecule is CN1CCN(CCCN(C)S(=O)(=O)c2c(Cl)cccc2Cl)CC1. The molecule has 0 atom stereocenters. The molecule has 0 aliphatic carbocycles. The van der Waals surface area contributed by atoms with Gasteiger partial charge in [-0.25, -0.2) is 12.7 Å². The van der Waals surface area contributed by atoms with E-state index in [0.29, 0.717) is 6.54 Å². The van der Waals surface area contributed by atoms with Gasteiger partial charge < -0.3 is 9.80 Å². The molecule has 0 saturated carbocycles. The molecule has 1 aromatic carbocycles. The van der Waals surface area contributed by atoms with Crippen LogP contribution in [0.2, 0.25) is 10.0 Å². The predicted octanol–water partition coefficient (Wildman–Crippen LogP) is 2.25. The molecule has 0 bridgehead atoms. The summed E-state index contributed by atoms with van der Waals surface area (Å²) in [4.78, 5) is 4.65. The van der Waals surface area contributed by atoms with E-state index in [9.17, 15) is 8.42 Å². The van der Waals surface area contributed by atoms with Gasteiger partial charge in [-0.2, -0.15) is 0 Å². The zero-order chi connectivity index (χ0) is 17.0. The van der Waals surface area contributed by atoms with Crippen LogP contribution in [0.25, 0.3) is 0 Å². The molecule has 2 rings (SSSR count). The molecule has 5 nitrogen and oxygen atoms in total. The van der Waals surface area contributed by atoms with E-state index in [0.717, 1.165) is 39.1 Å². The molecule has 1 aliphatic heterocycles. The highest BCUT2D eigenvalue weighted by molar-refractivity contribution is 7.89. The van der Waals surface area contributed by atoms with Gasteiger partial charge in [-0.3, -0.25) is 0 Å². The number of halogens is 2. The van der Waals surface area contributed by atoms with Gasteiger partial charge >= 0.3 is 0 Å². The van der Waals surface area contributed by atoms with Crippen LogP contribution in [0.15, 0.2) is 23.1 Å². The van der Waals surface area contributed by atoms with Gasteiger partial charge in [0.15, 0.2) is 0 Å². The van der Waals surface area contributed by atoms with Crippen molar-refractivity contribution in [3.05, 3.63) is 28.2 Å². The second-order valence-corrected chi connectivity index (χ2v) is 8.67. The molecule has 1 heterocycles. The number of hydrogen-bond acceptors (Lipinski definition) is 4. The maximum absolute atomic E-state index is 12.6. The van der Waals surface area contributed by atoms with Crippen LogP contribution < -0.4 is 0 Å². The summed E-state index contributed by atoms with van der Waals surface area (Å²) < 4.78 is 26.6. The first-order valence-electron chi connectivity index (χ1n) is 7.63. The number of benzene rings is 1. The largest absolute Gasteiger partial charge is 0.304 e. The first-order valence-corrected chi connectivity index (χ1v) is 9.83. The van der Waals surface area contributed by atoms with Crippen molar-refractivity contribution in [3.8, 4) is 0 Å². The minimum atomic E-state index is -3.67. The van der Waals surface area contributed by atoms with E-state index in [1.807, 2.05) is 0 Å². The van der Waals surface area contributed by atoms with E-state index in [1.54, 1.807) is 25.2 Å². The van der Waals surface area contributed by atoms with Crippen LogP contribution in [-0.4, -0.2) is 75.9 Å². The molecule has 0 amide bonds. The monoisotopic (exact) mass is 379 g/mol. The number of sulfonamides is 1. The summed E-state index contributed by atoms with van der Waals surface area (Å²) >= 11 is 12.0. The summed E-state index contributed by atoms with van der Waals surface area (Å²) in [7, 11) is 0.0152. The van der Waals surface area contributed by atoms with Crippen molar-refractivity contribution >= 4 is 33.2 Å². The molecule has 8 heteroatoms. The molecule has 0 unspecified atom stereocenters. The first kappa shape index (κ1) is 19.0. The maximum atomic E-state index is 12.6. The van der Waals surface area contributed by atoms with Crippen molar-refractivity contribution in [1.82, 2.24) is 14.1 Å². The highest BCUT2D eigenvalue weighted by atomic mass is 35.5. The molecule has 1 saturated heterocycles. The lowest BCUT2D eigenvalue weighted by Crippen LogP contribution is -2.45. The molecule has 0 aromatic heterocycles. The fourth-order valence-electron chi connectivity index (χ4n) is 2.59. The number of rotatable bonds is 6. The lowest BCUT2D eigenvalue weighted by molar-refractivity contribution is 0.151. The Labute approximate surface area is 148 Å². The number of likely N-dealkylation sites (N-methyl/N-ethyl adjacent to an activating group) is 1. The minimum absolute atomic E-state index is 0.00886. The Bertz CT molecular complexity index is 611. The summed E-state index contributed by atoms with van der Waals surface area (Å²) in [5.41, 5.74) is 0. The van der Waals surface area contributed by atoms with E-state index in [-0.39, 0.29) is 14.9 Å². The number of hydrogen-bond donors (Lipinski definition) is 0. The van der Waals surface area contributed by atoms with Gasteiger partial charge in [0.1, 0.15) is 4.90 Å². The smallest absolute Gasteiger partial charge is 0.245 e. The van der Waals surface area contributed by atoms with Crippen molar-refractivity contribution in [2.75, 3.05) is 53.4 Å². The maximum Gasteiger partial charge on any atom is 0.245 e. The van der Waals surface area contributed by atoms with Crippen LogP contribution in [0.4, 0.5) is 0 Å². The van der Waals surface area contributed by atoms with Crippen LogP contribution >= 0.6 is 23.2 Å². The van der Waals surface area contributed by atoms with Crippen molar-refractivity contribution < 1.29 is 8.42 Å². The Morgan fingerprint density at radius 3 is 2.26 bits per heavy atom. The second kappa shape index (κ2) is 8.14. The third kappa shape index (κ3) is 4.81. The van der Waals surface area contributed by atoms with E-state index in [1.165, 1.54) is 4.31 Å². The number of piperazine rings is 1. The summed E-state index contributed by atoms with van der Waals surface area (Å²) in [6.45, 7) is 5.51. The Kier molecular flexibility index (Phi) is 6.71. The molecular formula is C15H23Cl2N3O2S. The Balaban J connectivity index is 1.93. The summed E-state index contributed by atoms with van der Waals surface area (Å²) in [6, 6.07) is 4.72. The lowest BCUT2D eigenvalue weighted by atomic mass is 10.3. The topological polar surface area (TPSA) is 43.9 Å². The van der Waals surface area contributed by atoms with Crippen LogP contribution in [0, 0.1) is 0 Å². The molecule has 0 radical (unpaired) electrons. The summed E-state index contributed by atoms with van der Waals surface area (Å²) in [6.07, 6.45) is 0.779. The Morgan fingerprint density at radius 1 is 1.13 bits per heavy atom. The molecule has 0 N–H and O–H groups in total. The molecule has 1 aliphatic rings. The fraction of sp³-hybridized carbons (Fsp3) is 0.600. The Hall–Kier alpha value is -0.370. The van der Waals surface area contributed by atoms with Crippen molar-refractivity contribution in [2.45, 2.75) is 11.3 Å². The third-order valence-corrected chi connectivity index (χ3v) is 6.94. The van der Waals surface area contributed by atoms with E-state index in [4.69, 9.17) is 23.2 Å². The van der Waals surface area contributed by atoms with Gasteiger partial charge in [0.25, 0.3) is 0 Å². The minimum Gasteiger partial charge on any atom is -0.304 e. The van der Waals surface area contributed by atoms with Gasteiger partial charge in [0, 0.05) is 39.8 Å². The molecule has 0 spiro atoms. The van der Waals surface area contributed by atoms with E-state index in [2.05, 4.69) is 16.8 Å². The quantitative estimate of drug-likeness (QED) is 0.760. The van der Waals surface area contributed by atoms with Gasteiger partial charge in [-0.05, 0) is 32.1 Å². The first-order chi connectivity index (χ1) is 10.8. The van der Waals surface area contributed by atoms with Gasteiger partial charge in [-0.1, -0.05) is 29.3 Å². The molecular weight excluding hydrogens is 357 g/mol. The average molecular weight is 380 g/mol. The lowest BCUT2D eigenvalue weighted by Gasteiger charge is -2.32. The highest BCUT2D eigenvalue weighted by Crippen LogP contribution is 2.30. The molecule has 23 heavy (non-hydrogen) atoms. The van der Waals surface area contributed by atoms with Gasteiger partial charge in [0.05, 0.1) is 10.0 Å². The Morgan fingerprint density at radius 2 is 1.70 bits per heavy atom. The molecule has 1 fully saturated rings. The van der Waals surface area contributed by atoms with Crippen molar-refractivity contribution in [2.24, 2.45) is 0 Å². The zero-order valence-electron chi connectivity index (χ0n) is 13.5. The standard InChI is InChI=1S/C15H23Cl2N3O2S/c1-18-9-11-20(12-10-18)8-4-7-19(2)23(21,22)15-13(16)5-3-6-14(15)17/h3,5-6H,4,7-12H2,1-2H3. The normalized spacial score (nSPS) is 17.8. The van der Waals surface area contributed by atoms with E-state index >= 15 is 0 Å². The predicted molar refractivity (Wildman–Crippen MR) is 94.8 cm³/mol. The van der Waals surface area contributed by atoms with Crippen LogP contribution in [0.3, 0.4) is 0 Å². The second-order valence-electron chi connectivity index (χ2n) is 5.88.